The molecule has 1 spiro atoms. The van der Waals surface area contributed by atoms with E-state index in [1.165, 1.54) is 6.20 Å². The number of likely N-dealkylation sites (tertiary alicyclic amines) is 1. The Morgan fingerprint density at radius 3 is 2.76 bits per heavy atom. The predicted molar refractivity (Wildman–Crippen MR) is 123 cm³/mol. The number of hydrogen-bond donors (Lipinski definition) is 1. The second-order valence-electron chi connectivity index (χ2n) is 9.19. The van der Waals surface area contributed by atoms with E-state index in [1.807, 2.05) is 11.8 Å². The largest absolute Gasteiger partial charge is 0.363 e. The fourth-order valence-corrected chi connectivity index (χ4v) is 4.97. The van der Waals surface area contributed by atoms with E-state index in [4.69, 9.17) is 4.98 Å². The van der Waals surface area contributed by atoms with Crippen LogP contribution in [0.25, 0.3) is 11.4 Å². The molecule has 1 amide bonds. The van der Waals surface area contributed by atoms with Gasteiger partial charge in [0.2, 0.25) is 5.91 Å². The van der Waals surface area contributed by atoms with Gasteiger partial charge in [-0.1, -0.05) is 0 Å². The number of aryl methyl sites for hydroxylation is 3. The molecule has 170 valence electrons. The van der Waals surface area contributed by atoms with Gasteiger partial charge in [0.15, 0.2) is 5.82 Å². The van der Waals surface area contributed by atoms with Crippen LogP contribution < -0.4 is 5.32 Å². The number of anilines is 1. The summed E-state index contributed by atoms with van der Waals surface area (Å²) in [5.74, 6) is 0.515. The van der Waals surface area contributed by atoms with E-state index in [9.17, 15) is 9.18 Å². The summed E-state index contributed by atoms with van der Waals surface area (Å²) in [4.78, 5) is 32.6. The standard InChI is InChI=1S/C25H27FN6O/c1-15-11-19(21(26)13-29-15)16(2)24(33)32-10-7-25(14-32)6-5-18-12-20(17(3)30-22(18)31-25)23-27-8-4-9-28-23/h4,8-9,11-13,16H,5-7,10,14H2,1-3H3,(H,30,31)/t16-,25+/m1/s1. The highest BCUT2D eigenvalue weighted by molar-refractivity contribution is 5.84. The van der Waals surface area contributed by atoms with Crippen molar-refractivity contribution in [3.8, 4) is 11.4 Å². The second-order valence-corrected chi connectivity index (χ2v) is 9.19. The third-order valence-corrected chi connectivity index (χ3v) is 6.88. The van der Waals surface area contributed by atoms with Crippen molar-refractivity contribution in [1.82, 2.24) is 24.8 Å². The van der Waals surface area contributed by atoms with Crippen LogP contribution >= 0.6 is 0 Å². The Kier molecular flexibility index (Phi) is 5.31. The number of halogens is 1. The van der Waals surface area contributed by atoms with Gasteiger partial charge >= 0.3 is 0 Å². The predicted octanol–water partition coefficient (Wildman–Crippen LogP) is 3.82. The molecule has 0 unspecified atom stereocenters. The highest BCUT2D eigenvalue weighted by Crippen LogP contribution is 2.38. The van der Waals surface area contributed by atoms with Crippen LogP contribution in [0.15, 0.2) is 36.8 Å². The highest BCUT2D eigenvalue weighted by Gasteiger charge is 2.43. The maximum atomic E-state index is 14.3. The molecule has 3 aromatic heterocycles. The zero-order valence-electron chi connectivity index (χ0n) is 19.1. The monoisotopic (exact) mass is 446 g/mol. The number of amides is 1. The fraction of sp³-hybridized carbons (Fsp3) is 0.400. The third kappa shape index (κ3) is 3.94. The number of carbonyl (C=O) groups is 1. The molecule has 5 rings (SSSR count). The van der Waals surface area contributed by atoms with Gasteiger partial charge in [-0.05, 0) is 63.8 Å². The van der Waals surface area contributed by atoms with E-state index in [-0.39, 0.29) is 11.4 Å². The van der Waals surface area contributed by atoms with Crippen molar-refractivity contribution in [3.05, 3.63) is 65.1 Å². The molecule has 2 atom stereocenters. The number of rotatable bonds is 3. The summed E-state index contributed by atoms with van der Waals surface area (Å²) in [6.07, 6.45) is 7.28. The summed E-state index contributed by atoms with van der Waals surface area (Å²) >= 11 is 0. The Labute approximate surface area is 192 Å². The summed E-state index contributed by atoms with van der Waals surface area (Å²) < 4.78 is 14.3. The van der Waals surface area contributed by atoms with Gasteiger partial charge in [0.25, 0.3) is 0 Å². The lowest BCUT2D eigenvalue weighted by atomic mass is 9.86. The van der Waals surface area contributed by atoms with Crippen LogP contribution in [-0.2, 0) is 11.2 Å². The minimum absolute atomic E-state index is 0.0512. The van der Waals surface area contributed by atoms with Gasteiger partial charge < -0.3 is 10.2 Å². The van der Waals surface area contributed by atoms with Gasteiger partial charge in [0.1, 0.15) is 11.6 Å². The molecule has 0 bridgehead atoms. The molecule has 2 aliphatic rings. The molecule has 0 aromatic carbocycles. The SMILES string of the molecule is Cc1cc([C@@H](C)C(=O)N2CC[C@@]3(CCc4cc(-c5ncccn5)c(C)nc4N3)C2)c(F)cn1. The average Bonchev–Trinajstić information content (AvgIpc) is 3.23. The van der Waals surface area contributed by atoms with Crippen LogP contribution in [0.2, 0.25) is 0 Å². The molecule has 7 nitrogen and oxygen atoms in total. The second kappa shape index (κ2) is 8.17. The van der Waals surface area contributed by atoms with Crippen molar-refractivity contribution in [3.63, 3.8) is 0 Å². The molecule has 33 heavy (non-hydrogen) atoms. The van der Waals surface area contributed by atoms with Gasteiger partial charge in [0.05, 0.1) is 23.3 Å². The zero-order valence-corrected chi connectivity index (χ0v) is 19.1. The number of nitrogens with one attached hydrogen (secondary N) is 1. The molecule has 1 N–H and O–H groups in total. The van der Waals surface area contributed by atoms with E-state index in [2.05, 4.69) is 26.3 Å². The lowest BCUT2D eigenvalue weighted by Gasteiger charge is -2.36. The van der Waals surface area contributed by atoms with Crippen LogP contribution in [0, 0.1) is 19.7 Å². The van der Waals surface area contributed by atoms with Crippen LogP contribution in [-0.4, -0.2) is 49.4 Å². The highest BCUT2D eigenvalue weighted by atomic mass is 19.1. The summed E-state index contributed by atoms with van der Waals surface area (Å²) in [7, 11) is 0. The Hall–Kier alpha value is -3.42. The topological polar surface area (TPSA) is 83.9 Å². The number of fused-ring (bicyclic) bond motifs is 1. The smallest absolute Gasteiger partial charge is 0.230 e. The number of aromatic nitrogens is 4. The molecule has 0 aliphatic carbocycles. The van der Waals surface area contributed by atoms with Gasteiger partial charge in [-0.25, -0.2) is 19.3 Å². The first-order valence-corrected chi connectivity index (χ1v) is 11.3. The van der Waals surface area contributed by atoms with E-state index in [0.29, 0.717) is 30.2 Å². The molecule has 1 fully saturated rings. The number of nitrogens with zero attached hydrogens (tertiary/aromatic N) is 5. The molecule has 0 saturated carbocycles. The van der Waals surface area contributed by atoms with E-state index in [1.54, 1.807) is 38.4 Å². The Morgan fingerprint density at radius 2 is 1.97 bits per heavy atom. The number of carbonyl (C=O) groups excluding carboxylic acids is 1. The van der Waals surface area contributed by atoms with Gasteiger partial charge in [0, 0.05) is 42.3 Å². The first-order valence-electron chi connectivity index (χ1n) is 11.3. The summed E-state index contributed by atoms with van der Waals surface area (Å²) in [5.41, 5.74) is 3.85. The Morgan fingerprint density at radius 1 is 1.18 bits per heavy atom. The van der Waals surface area contributed by atoms with E-state index in [0.717, 1.165) is 41.9 Å². The fourth-order valence-electron chi connectivity index (χ4n) is 4.97. The lowest BCUT2D eigenvalue weighted by molar-refractivity contribution is -0.131. The minimum atomic E-state index is -0.550. The maximum Gasteiger partial charge on any atom is 0.230 e. The molecule has 1 saturated heterocycles. The number of hydrogen-bond acceptors (Lipinski definition) is 6. The van der Waals surface area contributed by atoms with Crippen LogP contribution in [0.1, 0.15) is 48.2 Å². The first-order chi connectivity index (χ1) is 15.8. The van der Waals surface area contributed by atoms with Crippen molar-refractivity contribution in [2.45, 2.75) is 51.5 Å². The van der Waals surface area contributed by atoms with Crippen LogP contribution in [0.3, 0.4) is 0 Å². The van der Waals surface area contributed by atoms with Crippen molar-refractivity contribution in [2.24, 2.45) is 0 Å². The Bertz CT molecular complexity index is 1220. The van der Waals surface area contributed by atoms with E-state index >= 15 is 0 Å². The van der Waals surface area contributed by atoms with E-state index < -0.39 is 11.7 Å². The van der Waals surface area contributed by atoms with Crippen molar-refractivity contribution in [1.29, 1.82) is 0 Å². The van der Waals surface area contributed by atoms with Crippen molar-refractivity contribution in [2.75, 3.05) is 18.4 Å². The van der Waals surface area contributed by atoms with Crippen LogP contribution in [0.5, 0.6) is 0 Å². The summed E-state index contributed by atoms with van der Waals surface area (Å²) in [6, 6.07) is 5.59. The zero-order chi connectivity index (χ0) is 23.2. The molecule has 5 heterocycles. The summed E-state index contributed by atoms with van der Waals surface area (Å²) in [5, 5.41) is 3.65. The van der Waals surface area contributed by atoms with Gasteiger partial charge in [-0.2, -0.15) is 0 Å². The van der Waals surface area contributed by atoms with Crippen molar-refractivity contribution < 1.29 is 9.18 Å². The Balaban J connectivity index is 1.34. The minimum Gasteiger partial charge on any atom is -0.363 e. The normalized spacial score (nSPS) is 20.4. The van der Waals surface area contributed by atoms with Crippen molar-refractivity contribution >= 4 is 11.7 Å². The molecule has 8 heteroatoms. The van der Waals surface area contributed by atoms with Crippen LogP contribution in [0.4, 0.5) is 10.2 Å². The average molecular weight is 447 g/mol. The first kappa shape index (κ1) is 21.4. The quantitative estimate of drug-likeness (QED) is 0.659. The van der Waals surface area contributed by atoms with Gasteiger partial charge in [-0.15, -0.1) is 0 Å². The summed E-state index contributed by atoms with van der Waals surface area (Å²) in [6.45, 7) is 6.77. The lowest BCUT2D eigenvalue weighted by Crippen LogP contribution is -2.46. The van der Waals surface area contributed by atoms with Gasteiger partial charge in [-0.3, -0.25) is 9.78 Å². The molecule has 3 aromatic rings. The molecule has 0 radical (unpaired) electrons. The molecule has 2 aliphatic heterocycles. The molecular formula is C25H27FN6O. The number of pyridine rings is 2. The molecular weight excluding hydrogens is 419 g/mol. The maximum absolute atomic E-state index is 14.3. The third-order valence-electron chi connectivity index (χ3n) is 6.88.